The number of aryl methyl sites for hydroxylation is 4. The largest absolute Gasteiger partial charge is 0.481 e. The van der Waals surface area contributed by atoms with Gasteiger partial charge in [0, 0.05) is 32.1 Å². The molecule has 0 bridgehead atoms. The predicted molar refractivity (Wildman–Crippen MR) is 169 cm³/mol. The Kier molecular flexibility index (Phi) is 11.9. The molecule has 0 aliphatic rings. The maximum atomic E-state index is 13.6. The lowest BCUT2D eigenvalue weighted by Crippen LogP contribution is -2.46. The summed E-state index contributed by atoms with van der Waals surface area (Å²) < 4.78 is 28.4. The molecule has 0 unspecified atom stereocenters. The minimum absolute atomic E-state index is 0.0238. The Morgan fingerprint density at radius 1 is 1.00 bits per heavy atom. The monoisotopic (exact) mass is 594 g/mol. The number of hydrogen-bond donors (Lipinski definition) is 3. The topological polar surface area (TPSA) is 107 Å². The average Bonchev–Trinajstić information content (AvgIpc) is 2.95. The first kappa shape index (κ1) is 33.5. The number of aliphatic hydroxyl groups is 1. The quantitative estimate of drug-likeness (QED) is 0.199. The molecule has 3 rings (SSSR count). The van der Waals surface area contributed by atoms with Gasteiger partial charge in [0.15, 0.2) is 0 Å². The lowest BCUT2D eigenvalue weighted by molar-refractivity contribution is -0.136. The number of β-amino-alcohol motifs (C(OH)–C–C–N with tert-alkyl or cyclic N) is 1. The van der Waals surface area contributed by atoms with Gasteiger partial charge in [-0.1, -0.05) is 67.1 Å². The van der Waals surface area contributed by atoms with Crippen LogP contribution in [0.25, 0.3) is 11.1 Å². The molecule has 0 amide bonds. The summed E-state index contributed by atoms with van der Waals surface area (Å²) in [4.78, 5) is 11.4. The summed E-state index contributed by atoms with van der Waals surface area (Å²) in [7, 11) is -2.34. The molecule has 0 heterocycles. The number of rotatable bonds is 16. The molecular weight excluding hydrogens is 548 g/mol. The number of likely N-dealkylation sites (N-methyl/N-ethyl adjacent to an activating group) is 1. The van der Waals surface area contributed by atoms with E-state index < -0.39 is 22.1 Å². The number of sulfonamides is 1. The molecule has 0 saturated carbocycles. The number of carboxylic acids is 1. The molecule has 7 nitrogen and oxygen atoms in total. The summed E-state index contributed by atoms with van der Waals surface area (Å²) in [5, 5.41) is 23.3. The SMILES string of the molecule is CCc1cc(-c2cc(C)ccc2CCC(=O)O)ccc1S(=O)(=O)N(C)C[C@H](O)CNC(C)(C)CCCc1ccccc1. The zero-order chi connectivity index (χ0) is 30.9. The van der Waals surface area contributed by atoms with Crippen molar-refractivity contribution in [2.75, 3.05) is 20.1 Å². The zero-order valence-electron chi connectivity index (χ0n) is 25.6. The van der Waals surface area contributed by atoms with Gasteiger partial charge in [0.05, 0.1) is 11.0 Å². The highest BCUT2D eigenvalue weighted by atomic mass is 32.2. The Morgan fingerprint density at radius 3 is 2.38 bits per heavy atom. The minimum Gasteiger partial charge on any atom is -0.481 e. The normalized spacial score (nSPS) is 12.9. The molecule has 0 aliphatic heterocycles. The van der Waals surface area contributed by atoms with Gasteiger partial charge in [0.2, 0.25) is 10.0 Å². The van der Waals surface area contributed by atoms with E-state index in [1.165, 1.54) is 16.9 Å². The summed E-state index contributed by atoms with van der Waals surface area (Å²) in [5.74, 6) is -0.857. The highest BCUT2D eigenvalue weighted by Crippen LogP contribution is 2.31. The fourth-order valence-electron chi connectivity index (χ4n) is 5.18. The van der Waals surface area contributed by atoms with Crippen molar-refractivity contribution in [2.45, 2.75) is 82.8 Å². The summed E-state index contributed by atoms with van der Waals surface area (Å²) >= 11 is 0. The van der Waals surface area contributed by atoms with Gasteiger partial charge in [-0.15, -0.1) is 0 Å². The van der Waals surface area contributed by atoms with Crippen LogP contribution in [-0.2, 0) is 34.1 Å². The molecule has 0 radical (unpaired) electrons. The molecule has 0 aromatic heterocycles. The van der Waals surface area contributed by atoms with Crippen molar-refractivity contribution in [1.29, 1.82) is 0 Å². The van der Waals surface area contributed by atoms with Crippen LogP contribution in [0.2, 0.25) is 0 Å². The van der Waals surface area contributed by atoms with Crippen LogP contribution >= 0.6 is 0 Å². The van der Waals surface area contributed by atoms with E-state index in [1.807, 2.05) is 56.3 Å². The number of carbonyl (C=O) groups is 1. The van der Waals surface area contributed by atoms with Gasteiger partial charge in [-0.3, -0.25) is 4.79 Å². The van der Waals surface area contributed by atoms with Gasteiger partial charge >= 0.3 is 5.97 Å². The van der Waals surface area contributed by atoms with Crippen molar-refractivity contribution >= 4 is 16.0 Å². The van der Waals surface area contributed by atoms with Crippen molar-refractivity contribution in [1.82, 2.24) is 9.62 Å². The number of aliphatic carboxylic acids is 1. The Hall–Kier alpha value is -3.04. The van der Waals surface area contributed by atoms with E-state index in [0.29, 0.717) is 18.4 Å². The number of benzene rings is 3. The van der Waals surface area contributed by atoms with Crippen molar-refractivity contribution in [3.05, 3.63) is 89.0 Å². The van der Waals surface area contributed by atoms with Crippen molar-refractivity contribution in [3.8, 4) is 11.1 Å². The number of nitrogens with zero attached hydrogens (tertiary/aromatic N) is 1. The average molecular weight is 595 g/mol. The molecule has 42 heavy (non-hydrogen) atoms. The van der Waals surface area contributed by atoms with Crippen LogP contribution in [0.5, 0.6) is 0 Å². The minimum atomic E-state index is -3.85. The van der Waals surface area contributed by atoms with E-state index in [4.69, 9.17) is 5.11 Å². The smallest absolute Gasteiger partial charge is 0.303 e. The van der Waals surface area contributed by atoms with Gasteiger partial charge in [-0.25, -0.2) is 8.42 Å². The first-order valence-corrected chi connectivity index (χ1v) is 16.1. The lowest BCUT2D eigenvalue weighted by atomic mass is 9.93. The standard InChI is InChI=1S/C34H46N2O5S/c1-6-27-22-29(31-21-25(2)14-15-28(31)17-19-33(38)39)16-18-32(27)42(40,41)36(5)24-30(37)23-35-34(3,4)20-10-13-26-11-8-7-9-12-26/h7-9,11-12,14-16,18,21-22,30,35,37H,6,10,13,17,19-20,23-24H2,1-5H3,(H,38,39)/t30-/m1/s1. The molecule has 228 valence electrons. The highest BCUT2D eigenvalue weighted by Gasteiger charge is 2.27. The molecule has 1 atom stereocenters. The van der Waals surface area contributed by atoms with Crippen molar-refractivity contribution < 1.29 is 23.4 Å². The molecule has 0 aliphatic carbocycles. The van der Waals surface area contributed by atoms with E-state index in [1.54, 1.807) is 12.1 Å². The molecule has 0 fully saturated rings. The van der Waals surface area contributed by atoms with Crippen molar-refractivity contribution in [3.63, 3.8) is 0 Å². The molecule has 3 aromatic carbocycles. The summed E-state index contributed by atoms with van der Waals surface area (Å²) in [6, 6.07) is 21.6. The second-order valence-electron chi connectivity index (χ2n) is 11.8. The van der Waals surface area contributed by atoms with E-state index >= 15 is 0 Å². The Labute approximate surface area is 251 Å². The third kappa shape index (κ3) is 9.49. The van der Waals surface area contributed by atoms with E-state index in [-0.39, 0.29) is 29.9 Å². The Balaban J connectivity index is 1.66. The van der Waals surface area contributed by atoms with Crippen LogP contribution in [-0.4, -0.2) is 60.7 Å². The maximum Gasteiger partial charge on any atom is 0.303 e. The van der Waals surface area contributed by atoms with Crippen LogP contribution in [0, 0.1) is 6.92 Å². The lowest BCUT2D eigenvalue weighted by Gasteiger charge is -2.29. The van der Waals surface area contributed by atoms with Gasteiger partial charge in [0.25, 0.3) is 0 Å². The second-order valence-corrected chi connectivity index (χ2v) is 13.8. The highest BCUT2D eigenvalue weighted by molar-refractivity contribution is 7.89. The third-order valence-electron chi connectivity index (χ3n) is 7.71. The van der Waals surface area contributed by atoms with Crippen LogP contribution in [0.1, 0.15) is 62.3 Å². The van der Waals surface area contributed by atoms with E-state index in [0.717, 1.165) is 41.5 Å². The van der Waals surface area contributed by atoms with Gasteiger partial charge in [0.1, 0.15) is 0 Å². The summed E-state index contributed by atoms with van der Waals surface area (Å²) in [6.45, 7) is 8.34. The fraction of sp³-hybridized carbons (Fsp3) is 0.441. The molecular formula is C34H46N2O5S. The second kappa shape index (κ2) is 14.9. The molecule has 3 aromatic rings. The van der Waals surface area contributed by atoms with Gasteiger partial charge in [-0.2, -0.15) is 4.31 Å². The fourth-order valence-corrected chi connectivity index (χ4v) is 6.66. The molecule has 3 N–H and O–H groups in total. The summed E-state index contributed by atoms with van der Waals surface area (Å²) in [6.07, 6.45) is 2.98. The molecule has 0 spiro atoms. The number of nitrogens with one attached hydrogen (secondary N) is 1. The van der Waals surface area contributed by atoms with Crippen LogP contribution in [0.15, 0.2) is 71.6 Å². The third-order valence-corrected chi connectivity index (χ3v) is 9.63. The number of carboxylic acid groups (broad SMARTS) is 1. The number of aliphatic hydroxyl groups excluding tert-OH is 1. The Bertz CT molecular complexity index is 1440. The van der Waals surface area contributed by atoms with Crippen LogP contribution in [0.4, 0.5) is 0 Å². The van der Waals surface area contributed by atoms with Crippen LogP contribution in [0.3, 0.4) is 0 Å². The summed E-state index contributed by atoms with van der Waals surface area (Å²) in [5.41, 5.74) is 5.51. The van der Waals surface area contributed by atoms with Crippen molar-refractivity contribution in [2.24, 2.45) is 0 Å². The molecule has 0 saturated heterocycles. The zero-order valence-corrected chi connectivity index (χ0v) is 26.4. The number of hydrogen-bond acceptors (Lipinski definition) is 5. The first-order chi connectivity index (χ1) is 19.8. The predicted octanol–water partition coefficient (Wildman–Crippen LogP) is 5.61. The van der Waals surface area contributed by atoms with E-state index in [2.05, 4.69) is 31.3 Å². The van der Waals surface area contributed by atoms with Gasteiger partial charge in [-0.05, 0) is 92.8 Å². The first-order valence-electron chi connectivity index (χ1n) is 14.7. The van der Waals surface area contributed by atoms with E-state index in [9.17, 15) is 18.3 Å². The Morgan fingerprint density at radius 2 is 1.71 bits per heavy atom. The molecule has 8 heteroatoms. The van der Waals surface area contributed by atoms with Gasteiger partial charge < -0.3 is 15.5 Å². The van der Waals surface area contributed by atoms with Crippen LogP contribution < -0.4 is 5.32 Å². The maximum absolute atomic E-state index is 13.6.